The summed E-state index contributed by atoms with van der Waals surface area (Å²) in [6.45, 7) is 12.5. The van der Waals surface area contributed by atoms with Crippen LogP contribution in [0.2, 0.25) is 0 Å². The van der Waals surface area contributed by atoms with E-state index < -0.39 is 11.9 Å². The fourth-order valence-electron chi connectivity index (χ4n) is 10.7. The van der Waals surface area contributed by atoms with Crippen LogP contribution < -0.4 is 11.5 Å². The number of carbonyl (C=O) groups excluding carboxylic acids is 2. The standard InChI is InChI=1S/C38H58N2O4/c1-24(2)7-6-8-25(3)32-11-12-33-31-10-9-27-21-30(15-17-37(27,4)34(31)16-18-38(32,33)5)44-36(42)14-13-35(41)43-23-26-19-28(39)22-29(40)20-26/h13-14,19-20,22,24-25,27,30-34H,6-12,15-18,21,23,39-40H2,1-5H3. The van der Waals surface area contributed by atoms with Gasteiger partial charge in [0.1, 0.15) is 12.7 Å². The van der Waals surface area contributed by atoms with Crippen molar-refractivity contribution in [2.45, 2.75) is 124 Å². The molecule has 0 spiro atoms. The minimum absolute atomic E-state index is 0.0382. The summed E-state index contributed by atoms with van der Waals surface area (Å²) in [7, 11) is 0. The Balaban J connectivity index is 1.12. The van der Waals surface area contributed by atoms with Gasteiger partial charge in [0, 0.05) is 23.5 Å². The van der Waals surface area contributed by atoms with Crippen LogP contribution in [0.3, 0.4) is 0 Å². The first-order valence-corrected chi connectivity index (χ1v) is 17.6. The number of benzene rings is 1. The molecule has 0 radical (unpaired) electrons. The molecule has 6 heteroatoms. The maximum Gasteiger partial charge on any atom is 0.331 e. The smallest absolute Gasteiger partial charge is 0.331 e. The monoisotopic (exact) mass is 606 g/mol. The molecular formula is C38H58N2O4. The Labute approximate surface area is 266 Å². The maximum absolute atomic E-state index is 12.6. The van der Waals surface area contributed by atoms with Gasteiger partial charge in [-0.25, -0.2) is 9.59 Å². The van der Waals surface area contributed by atoms with E-state index in [0.29, 0.717) is 33.7 Å². The van der Waals surface area contributed by atoms with Crippen LogP contribution >= 0.6 is 0 Å². The molecule has 4 aliphatic rings. The Kier molecular flexibility index (Phi) is 10.1. The van der Waals surface area contributed by atoms with Crippen LogP contribution in [0.5, 0.6) is 0 Å². The number of carbonyl (C=O) groups is 2. The van der Waals surface area contributed by atoms with Crippen molar-refractivity contribution in [2.24, 2.45) is 52.3 Å². The lowest BCUT2D eigenvalue weighted by Gasteiger charge is -2.61. The number of ether oxygens (including phenoxy) is 2. The van der Waals surface area contributed by atoms with E-state index in [4.69, 9.17) is 20.9 Å². The van der Waals surface area contributed by atoms with Gasteiger partial charge in [-0.3, -0.25) is 0 Å². The molecule has 1 aromatic carbocycles. The highest BCUT2D eigenvalue weighted by molar-refractivity contribution is 5.91. The summed E-state index contributed by atoms with van der Waals surface area (Å²) in [4.78, 5) is 24.8. The van der Waals surface area contributed by atoms with Crippen molar-refractivity contribution in [2.75, 3.05) is 11.5 Å². The number of rotatable bonds is 10. The Hall–Kier alpha value is -2.50. The van der Waals surface area contributed by atoms with Crippen molar-refractivity contribution in [1.82, 2.24) is 0 Å². The van der Waals surface area contributed by atoms with Gasteiger partial charge in [0.05, 0.1) is 0 Å². The van der Waals surface area contributed by atoms with E-state index in [0.717, 1.165) is 60.8 Å². The van der Waals surface area contributed by atoms with Crippen LogP contribution in [-0.4, -0.2) is 18.0 Å². The van der Waals surface area contributed by atoms with Crippen LogP contribution in [0.4, 0.5) is 11.4 Å². The van der Waals surface area contributed by atoms with E-state index in [9.17, 15) is 9.59 Å². The normalized spacial score (nSPS) is 35.5. The third-order valence-electron chi connectivity index (χ3n) is 12.9. The molecule has 0 bridgehead atoms. The summed E-state index contributed by atoms with van der Waals surface area (Å²) >= 11 is 0. The summed E-state index contributed by atoms with van der Waals surface area (Å²) in [6, 6.07) is 5.06. The number of esters is 2. The molecule has 4 fully saturated rings. The zero-order valence-electron chi connectivity index (χ0n) is 28.0. The molecule has 244 valence electrons. The largest absolute Gasteiger partial charge is 0.459 e. The van der Waals surface area contributed by atoms with Crippen LogP contribution in [0.1, 0.15) is 117 Å². The first-order chi connectivity index (χ1) is 20.9. The van der Waals surface area contributed by atoms with Crippen molar-refractivity contribution in [1.29, 1.82) is 0 Å². The maximum atomic E-state index is 12.6. The number of nitrogens with two attached hydrogens (primary N) is 2. The Morgan fingerprint density at radius 3 is 2.27 bits per heavy atom. The van der Waals surface area contributed by atoms with Gasteiger partial charge in [0.2, 0.25) is 0 Å². The number of fused-ring (bicyclic) bond motifs is 5. The quantitative estimate of drug-likeness (QED) is 0.157. The van der Waals surface area contributed by atoms with Crippen LogP contribution in [0, 0.1) is 52.3 Å². The van der Waals surface area contributed by atoms with Crippen molar-refractivity contribution in [3.8, 4) is 0 Å². The molecular weight excluding hydrogens is 548 g/mol. The lowest BCUT2D eigenvalue weighted by Crippen LogP contribution is -2.54. The third-order valence-corrected chi connectivity index (χ3v) is 12.9. The highest BCUT2D eigenvalue weighted by Crippen LogP contribution is 2.68. The average Bonchev–Trinajstić information content (AvgIpc) is 3.32. The van der Waals surface area contributed by atoms with E-state index in [2.05, 4.69) is 34.6 Å². The summed E-state index contributed by atoms with van der Waals surface area (Å²) in [6.07, 6.45) is 17.6. The summed E-state index contributed by atoms with van der Waals surface area (Å²) < 4.78 is 11.1. The van der Waals surface area contributed by atoms with Gasteiger partial charge in [0.25, 0.3) is 0 Å². The van der Waals surface area contributed by atoms with Gasteiger partial charge in [0.15, 0.2) is 0 Å². The summed E-state index contributed by atoms with van der Waals surface area (Å²) in [5, 5.41) is 0. The van der Waals surface area contributed by atoms with Crippen molar-refractivity contribution in [3.63, 3.8) is 0 Å². The molecule has 44 heavy (non-hydrogen) atoms. The van der Waals surface area contributed by atoms with Gasteiger partial charge in [-0.1, -0.05) is 53.9 Å². The fourth-order valence-corrected chi connectivity index (χ4v) is 10.7. The average molecular weight is 607 g/mol. The molecule has 0 amide bonds. The van der Waals surface area contributed by atoms with Crippen molar-refractivity contribution in [3.05, 3.63) is 35.9 Å². The predicted molar refractivity (Wildman–Crippen MR) is 177 cm³/mol. The van der Waals surface area contributed by atoms with Crippen LogP contribution in [-0.2, 0) is 25.7 Å². The molecule has 4 aliphatic carbocycles. The molecule has 0 aromatic heterocycles. The zero-order valence-corrected chi connectivity index (χ0v) is 28.0. The molecule has 4 N–H and O–H groups in total. The molecule has 1 aromatic rings. The minimum atomic E-state index is -0.596. The SMILES string of the molecule is CC(C)CCCC(C)C1CCC2C3CCC4CC(OC(=O)C=CC(=O)OCc5cc(N)cc(N)c5)CCC4(C)C3CCC12C. The lowest BCUT2D eigenvalue weighted by atomic mass is 9.44. The topological polar surface area (TPSA) is 105 Å². The Bertz CT molecular complexity index is 1190. The number of nitrogen functional groups attached to an aromatic ring is 2. The van der Waals surface area contributed by atoms with E-state index in [1.165, 1.54) is 63.9 Å². The van der Waals surface area contributed by atoms with Gasteiger partial charge in [-0.05, 0) is 134 Å². The highest BCUT2D eigenvalue weighted by Gasteiger charge is 2.60. The molecule has 9 atom stereocenters. The van der Waals surface area contributed by atoms with Crippen molar-refractivity contribution < 1.29 is 19.1 Å². The number of hydrogen-bond acceptors (Lipinski definition) is 6. The van der Waals surface area contributed by atoms with Crippen LogP contribution in [0.25, 0.3) is 0 Å². The third kappa shape index (κ3) is 6.99. The van der Waals surface area contributed by atoms with Crippen LogP contribution in [0.15, 0.2) is 30.4 Å². The number of hydrogen-bond donors (Lipinski definition) is 2. The molecule has 0 heterocycles. The van der Waals surface area contributed by atoms with Gasteiger partial charge in [-0.2, -0.15) is 0 Å². The second kappa shape index (κ2) is 13.5. The molecule has 9 unspecified atom stereocenters. The minimum Gasteiger partial charge on any atom is -0.459 e. The van der Waals surface area contributed by atoms with E-state index in [1.807, 2.05) is 0 Å². The summed E-state index contributed by atoms with van der Waals surface area (Å²) in [5.41, 5.74) is 14.2. The molecule has 0 aliphatic heterocycles. The second-order valence-corrected chi connectivity index (χ2v) is 16.0. The predicted octanol–water partition coefficient (Wildman–Crippen LogP) is 8.48. The first-order valence-electron chi connectivity index (χ1n) is 17.6. The van der Waals surface area contributed by atoms with E-state index in [-0.39, 0.29) is 12.7 Å². The Morgan fingerprint density at radius 1 is 0.864 bits per heavy atom. The Morgan fingerprint density at radius 2 is 1.55 bits per heavy atom. The van der Waals surface area contributed by atoms with Gasteiger partial charge < -0.3 is 20.9 Å². The molecule has 4 saturated carbocycles. The van der Waals surface area contributed by atoms with E-state index >= 15 is 0 Å². The summed E-state index contributed by atoms with van der Waals surface area (Å²) in [5.74, 6) is 4.63. The highest BCUT2D eigenvalue weighted by atomic mass is 16.5. The number of anilines is 2. The fraction of sp³-hybridized carbons (Fsp3) is 0.737. The lowest BCUT2D eigenvalue weighted by molar-refractivity contribution is -0.158. The van der Waals surface area contributed by atoms with E-state index in [1.54, 1.807) is 18.2 Å². The second-order valence-electron chi connectivity index (χ2n) is 16.0. The first kappa shape index (κ1) is 32.9. The van der Waals surface area contributed by atoms with Gasteiger partial charge in [-0.15, -0.1) is 0 Å². The molecule has 0 saturated heterocycles. The zero-order chi connectivity index (χ0) is 31.6. The van der Waals surface area contributed by atoms with Gasteiger partial charge >= 0.3 is 11.9 Å². The molecule has 5 rings (SSSR count). The molecule has 6 nitrogen and oxygen atoms in total. The van der Waals surface area contributed by atoms with Crippen molar-refractivity contribution >= 4 is 23.3 Å².